The van der Waals surface area contributed by atoms with Crippen molar-refractivity contribution in [2.75, 3.05) is 5.32 Å². The van der Waals surface area contributed by atoms with E-state index in [2.05, 4.69) is 17.5 Å². The summed E-state index contributed by atoms with van der Waals surface area (Å²) >= 11 is 4.66. The van der Waals surface area contributed by atoms with Crippen molar-refractivity contribution in [3.63, 3.8) is 0 Å². The lowest BCUT2D eigenvalue weighted by Gasteiger charge is -2.17. The lowest BCUT2D eigenvalue weighted by atomic mass is 10.1. The third kappa shape index (κ3) is 3.37. The molecule has 0 bridgehead atoms. The highest BCUT2D eigenvalue weighted by atomic mass is 32.1. The number of nitrogens with one attached hydrogen (secondary N) is 1. The molecule has 0 spiro atoms. The molecule has 1 aromatic carbocycles. The molecule has 0 saturated heterocycles. The van der Waals surface area contributed by atoms with E-state index >= 15 is 0 Å². The van der Waals surface area contributed by atoms with Gasteiger partial charge in [0.15, 0.2) is 0 Å². The predicted molar refractivity (Wildman–Crippen MR) is 73.2 cm³/mol. The number of nitrogens with two attached hydrogens (primary N) is 1. The lowest BCUT2D eigenvalue weighted by molar-refractivity contribution is -0.137. The fourth-order valence-corrected chi connectivity index (χ4v) is 2.57. The summed E-state index contributed by atoms with van der Waals surface area (Å²) in [6, 6.07) is 4.29. The molecule has 0 radical (unpaired) electrons. The maximum Gasteiger partial charge on any atom is 0.417 e. The molecular formula is C13H15F3N2S. The number of alkyl halides is 3. The molecule has 3 N–H and O–H groups in total. The van der Waals surface area contributed by atoms with E-state index < -0.39 is 11.7 Å². The zero-order valence-electron chi connectivity index (χ0n) is 10.3. The van der Waals surface area contributed by atoms with Gasteiger partial charge >= 0.3 is 6.18 Å². The Labute approximate surface area is 115 Å². The Morgan fingerprint density at radius 3 is 2.42 bits per heavy atom. The summed E-state index contributed by atoms with van der Waals surface area (Å²) in [7, 11) is 0. The van der Waals surface area contributed by atoms with Crippen molar-refractivity contribution in [1.82, 2.24) is 0 Å². The largest absolute Gasteiger partial charge is 0.417 e. The molecule has 0 heterocycles. The van der Waals surface area contributed by atoms with Gasteiger partial charge in [0, 0.05) is 17.3 Å². The smallest absolute Gasteiger partial charge is 0.389 e. The number of hydrogen-bond acceptors (Lipinski definition) is 2. The molecule has 0 unspecified atom stereocenters. The third-order valence-electron chi connectivity index (χ3n) is 3.32. The first-order valence-corrected chi connectivity index (χ1v) is 6.56. The van der Waals surface area contributed by atoms with Gasteiger partial charge in [-0.15, -0.1) is 0 Å². The van der Waals surface area contributed by atoms with Gasteiger partial charge in [0.25, 0.3) is 0 Å². The predicted octanol–water partition coefficient (Wildman–Crippen LogP) is 3.69. The number of rotatable bonds is 3. The molecule has 2 rings (SSSR count). The molecule has 1 aliphatic rings. The van der Waals surface area contributed by atoms with E-state index in [9.17, 15) is 13.2 Å². The topological polar surface area (TPSA) is 38.0 Å². The van der Waals surface area contributed by atoms with Gasteiger partial charge in [0.1, 0.15) is 4.99 Å². The van der Waals surface area contributed by atoms with Crippen molar-refractivity contribution in [3.8, 4) is 0 Å². The van der Waals surface area contributed by atoms with Gasteiger partial charge in [-0.05, 0) is 31.0 Å². The van der Waals surface area contributed by atoms with E-state index in [0.29, 0.717) is 5.69 Å². The van der Waals surface area contributed by atoms with E-state index in [1.807, 2.05) is 0 Å². The standard InChI is InChI=1S/C13H15F3N2S/c14-13(15,16)11-7-9(5-6-10(11)12(17)19)18-8-3-1-2-4-8/h5-8,18H,1-4H2,(H2,17,19). The van der Waals surface area contributed by atoms with Gasteiger partial charge in [-0.3, -0.25) is 0 Å². The Bertz CT molecular complexity index is 479. The van der Waals surface area contributed by atoms with Gasteiger partial charge < -0.3 is 11.1 Å². The van der Waals surface area contributed by atoms with Crippen LogP contribution in [0.5, 0.6) is 0 Å². The fourth-order valence-electron chi connectivity index (χ4n) is 2.39. The van der Waals surface area contributed by atoms with E-state index in [-0.39, 0.29) is 16.6 Å². The van der Waals surface area contributed by atoms with E-state index in [0.717, 1.165) is 31.7 Å². The van der Waals surface area contributed by atoms with Crippen molar-refractivity contribution in [1.29, 1.82) is 0 Å². The van der Waals surface area contributed by atoms with Crippen LogP contribution in [0.4, 0.5) is 18.9 Å². The second-order valence-electron chi connectivity index (χ2n) is 4.75. The minimum absolute atomic E-state index is 0.125. The summed E-state index contributed by atoms with van der Waals surface area (Å²) in [6.45, 7) is 0. The zero-order valence-corrected chi connectivity index (χ0v) is 11.1. The summed E-state index contributed by atoms with van der Waals surface area (Å²) in [5.74, 6) is 0. The van der Waals surface area contributed by atoms with Gasteiger partial charge in [0.05, 0.1) is 5.56 Å². The summed E-state index contributed by atoms with van der Waals surface area (Å²) in [5.41, 5.74) is 4.91. The maximum atomic E-state index is 13.0. The summed E-state index contributed by atoms with van der Waals surface area (Å²) in [5, 5.41) is 3.14. The van der Waals surface area contributed by atoms with Crippen LogP contribution in [0.2, 0.25) is 0 Å². The van der Waals surface area contributed by atoms with Crippen LogP contribution in [-0.4, -0.2) is 11.0 Å². The number of hydrogen-bond donors (Lipinski definition) is 2. The van der Waals surface area contributed by atoms with Gasteiger partial charge in [-0.1, -0.05) is 25.1 Å². The zero-order chi connectivity index (χ0) is 14.0. The summed E-state index contributed by atoms with van der Waals surface area (Å²) < 4.78 is 38.9. The maximum absolute atomic E-state index is 13.0. The highest BCUT2D eigenvalue weighted by molar-refractivity contribution is 7.80. The molecule has 2 nitrogen and oxygen atoms in total. The minimum Gasteiger partial charge on any atom is -0.389 e. The van der Waals surface area contributed by atoms with E-state index in [1.54, 1.807) is 6.07 Å². The Balaban J connectivity index is 2.29. The van der Waals surface area contributed by atoms with Gasteiger partial charge in [-0.2, -0.15) is 13.2 Å². The molecule has 1 saturated carbocycles. The molecule has 0 aromatic heterocycles. The van der Waals surface area contributed by atoms with Crippen molar-refractivity contribution < 1.29 is 13.2 Å². The Morgan fingerprint density at radius 2 is 1.89 bits per heavy atom. The molecule has 0 atom stereocenters. The summed E-state index contributed by atoms with van der Waals surface area (Å²) in [4.78, 5) is -0.236. The average Bonchev–Trinajstić information content (AvgIpc) is 2.80. The Kier molecular flexibility index (Phi) is 3.99. The number of thiocarbonyl (C=S) groups is 1. The van der Waals surface area contributed by atoms with Crippen LogP contribution in [0.25, 0.3) is 0 Å². The molecule has 1 fully saturated rings. The van der Waals surface area contributed by atoms with Gasteiger partial charge in [0.2, 0.25) is 0 Å². The SMILES string of the molecule is NC(=S)c1ccc(NC2CCCC2)cc1C(F)(F)F. The molecule has 6 heteroatoms. The number of benzene rings is 1. The molecule has 19 heavy (non-hydrogen) atoms. The summed E-state index contributed by atoms with van der Waals surface area (Å²) in [6.07, 6.45) is -0.216. The monoisotopic (exact) mass is 288 g/mol. The van der Waals surface area contributed by atoms with Crippen molar-refractivity contribution in [3.05, 3.63) is 29.3 Å². The first kappa shape index (κ1) is 14.1. The van der Waals surface area contributed by atoms with E-state index in [1.165, 1.54) is 6.07 Å². The Morgan fingerprint density at radius 1 is 1.26 bits per heavy atom. The van der Waals surface area contributed by atoms with Crippen molar-refractivity contribution >= 4 is 22.9 Å². The Hall–Kier alpha value is -1.30. The van der Waals surface area contributed by atoms with E-state index in [4.69, 9.17) is 5.73 Å². The minimum atomic E-state index is -4.45. The average molecular weight is 288 g/mol. The van der Waals surface area contributed by atoms with Crippen LogP contribution < -0.4 is 11.1 Å². The first-order valence-electron chi connectivity index (χ1n) is 6.15. The molecule has 1 aliphatic carbocycles. The second kappa shape index (κ2) is 5.36. The normalized spacial score (nSPS) is 16.6. The lowest BCUT2D eigenvalue weighted by Crippen LogP contribution is -2.20. The second-order valence-corrected chi connectivity index (χ2v) is 5.19. The molecule has 1 aromatic rings. The highest BCUT2D eigenvalue weighted by Crippen LogP contribution is 2.34. The quantitative estimate of drug-likeness (QED) is 0.833. The molecule has 0 aliphatic heterocycles. The van der Waals surface area contributed by atoms with Crippen LogP contribution in [0.3, 0.4) is 0 Å². The van der Waals surface area contributed by atoms with Crippen LogP contribution in [0.1, 0.15) is 36.8 Å². The van der Waals surface area contributed by atoms with Crippen LogP contribution >= 0.6 is 12.2 Å². The molecule has 0 amide bonds. The number of anilines is 1. The number of halogens is 3. The molecule has 104 valence electrons. The fraction of sp³-hybridized carbons (Fsp3) is 0.462. The highest BCUT2D eigenvalue weighted by Gasteiger charge is 2.34. The van der Waals surface area contributed by atoms with Crippen molar-refractivity contribution in [2.24, 2.45) is 5.73 Å². The van der Waals surface area contributed by atoms with Crippen LogP contribution in [-0.2, 0) is 6.18 Å². The van der Waals surface area contributed by atoms with Crippen LogP contribution in [0.15, 0.2) is 18.2 Å². The molecular weight excluding hydrogens is 273 g/mol. The van der Waals surface area contributed by atoms with Crippen LogP contribution in [0, 0.1) is 0 Å². The third-order valence-corrected chi connectivity index (χ3v) is 3.54. The van der Waals surface area contributed by atoms with Gasteiger partial charge in [-0.25, -0.2) is 0 Å². The van der Waals surface area contributed by atoms with Crippen molar-refractivity contribution in [2.45, 2.75) is 37.9 Å². The first-order chi connectivity index (χ1) is 8.88.